The Morgan fingerprint density at radius 1 is 1.56 bits per heavy atom. The Morgan fingerprint density at radius 3 is 2.83 bits per heavy atom. The van der Waals surface area contributed by atoms with Crippen LogP contribution in [0.5, 0.6) is 0 Å². The lowest BCUT2D eigenvalue weighted by atomic mass is 9.97. The van der Waals surface area contributed by atoms with Gasteiger partial charge in [-0.1, -0.05) is 0 Å². The van der Waals surface area contributed by atoms with Gasteiger partial charge in [-0.2, -0.15) is 0 Å². The number of methoxy groups -OCH3 is 1. The lowest BCUT2D eigenvalue weighted by Gasteiger charge is -2.30. The van der Waals surface area contributed by atoms with Crippen molar-refractivity contribution in [1.82, 2.24) is 9.88 Å². The van der Waals surface area contributed by atoms with Gasteiger partial charge in [-0.05, 0) is 39.3 Å². The molecule has 1 fully saturated rings. The van der Waals surface area contributed by atoms with Crippen LogP contribution in [0.1, 0.15) is 23.4 Å². The van der Waals surface area contributed by atoms with Gasteiger partial charge in [-0.3, -0.25) is 4.79 Å². The highest BCUT2D eigenvalue weighted by atomic mass is 32.1. The molecule has 5 heteroatoms. The molecule has 2 rings (SSSR count). The van der Waals surface area contributed by atoms with Crippen molar-refractivity contribution >= 4 is 17.3 Å². The average molecular weight is 268 g/mol. The summed E-state index contributed by atoms with van der Waals surface area (Å²) in [6, 6.07) is 0. The molecule has 4 nitrogen and oxygen atoms in total. The van der Waals surface area contributed by atoms with Gasteiger partial charge < -0.3 is 9.64 Å². The first-order valence-corrected chi connectivity index (χ1v) is 7.28. The van der Waals surface area contributed by atoms with E-state index < -0.39 is 0 Å². The first-order valence-electron chi connectivity index (χ1n) is 6.40. The number of nitrogens with zero attached hydrogens (tertiary/aromatic N) is 2. The summed E-state index contributed by atoms with van der Waals surface area (Å²) in [4.78, 5) is 19.5. The molecule has 1 aliphatic rings. The molecule has 2 heterocycles. The van der Waals surface area contributed by atoms with Gasteiger partial charge in [0.15, 0.2) is 0 Å². The van der Waals surface area contributed by atoms with Gasteiger partial charge in [0.25, 0.3) is 0 Å². The summed E-state index contributed by atoms with van der Waals surface area (Å²) in [7, 11) is 1.47. The van der Waals surface area contributed by atoms with Crippen LogP contribution in [0, 0.1) is 12.8 Å². The van der Waals surface area contributed by atoms with Gasteiger partial charge in [0.1, 0.15) is 0 Å². The summed E-state index contributed by atoms with van der Waals surface area (Å²) in [6.45, 7) is 5.13. The minimum Gasteiger partial charge on any atom is -0.469 e. The maximum absolute atomic E-state index is 11.4. The first kappa shape index (κ1) is 13.5. The molecule has 1 aliphatic heterocycles. The molecule has 0 aliphatic carbocycles. The van der Waals surface area contributed by atoms with E-state index >= 15 is 0 Å². The molecule has 1 saturated heterocycles. The van der Waals surface area contributed by atoms with E-state index in [1.165, 1.54) is 12.0 Å². The van der Waals surface area contributed by atoms with Crippen LogP contribution < -0.4 is 0 Å². The van der Waals surface area contributed by atoms with Crippen molar-refractivity contribution in [3.63, 3.8) is 0 Å². The third-order valence-corrected chi connectivity index (χ3v) is 4.62. The van der Waals surface area contributed by atoms with Crippen LogP contribution in [0.2, 0.25) is 0 Å². The highest BCUT2D eigenvalue weighted by molar-refractivity contribution is 7.09. The molecular weight excluding hydrogens is 248 g/mol. The zero-order valence-electron chi connectivity index (χ0n) is 11.0. The van der Waals surface area contributed by atoms with Crippen molar-refractivity contribution in [3.05, 3.63) is 16.1 Å². The molecule has 0 radical (unpaired) electrons. The van der Waals surface area contributed by atoms with Crippen molar-refractivity contribution in [2.45, 2.75) is 26.2 Å². The van der Waals surface area contributed by atoms with Crippen molar-refractivity contribution < 1.29 is 9.53 Å². The van der Waals surface area contributed by atoms with Gasteiger partial charge in [-0.25, -0.2) is 4.98 Å². The Balaban J connectivity index is 1.74. The average Bonchev–Trinajstić information content (AvgIpc) is 2.81. The number of aryl methyl sites for hydroxylation is 1. The largest absolute Gasteiger partial charge is 0.469 e. The maximum atomic E-state index is 11.4. The van der Waals surface area contributed by atoms with E-state index in [0.717, 1.165) is 44.6 Å². The highest BCUT2D eigenvalue weighted by Gasteiger charge is 2.25. The van der Waals surface area contributed by atoms with Crippen LogP contribution in [0.3, 0.4) is 0 Å². The van der Waals surface area contributed by atoms with Crippen LogP contribution in [0.4, 0.5) is 0 Å². The summed E-state index contributed by atoms with van der Waals surface area (Å²) in [5.74, 6) is 0.0596. The molecule has 1 aromatic heterocycles. The zero-order valence-corrected chi connectivity index (χ0v) is 11.8. The Hall–Kier alpha value is -0.940. The SMILES string of the molecule is COC(=O)C1CCN(CCc2scnc2C)CC1. The number of ether oxygens (including phenoxy) is 1. The topological polar surface area (TPSA) is 42.4 Å². The Labute approximate surface area is 112 Å². The van der Waals surface area contributed by atoms with Crippen LogP contribution in [0.15, 0.2) is 5.51 Å². The third-order valence-electron chi connectivity index (χ3n) is 3.62. The number of carbonyl (C=O) groups excluding carboxylic acids is 1. The van der Waals surface area contributed by atoms with Crippen LogP contribution >= 0.6 is 11.3 Å². The van der Waals surface area contributed by atoms with Crippen LogP contribution in [0.25, 0.3) is 0 Å². The van der Waals surface area contributed by atoms with E-state index in [-0.39, 0.29) is 11.9 Å². The number of hydrogen-bond acceptors (Lipinski definition) is 5. The number of thiazole rings is 1. The van der Waals surface area contributed by atoms with Crippen molar-refractivity contribution in [2.24, 2.45) is 5.92 Å². The maximum Gasteiger partial charge on any atom is 0.308 e. The predicted octanol–water partition coefficient (Wildman–Crippen LogP) is 1.88. The standard InChI is InChI=1S/C13H20N2O2S/c1-10-12(18-9-14-10)5-8-15-6-3-11(4-7-15)13(16)17-2/h9,11H,3-8H2,1-2H3. The Morgan fingerprint density at radius 2 is 2.28 bits per heavy atom. The number of piperidine rings is 1. The molecule has 0 aromatic carbocycles. The molecule has 0 N–H and O–H groups in total. The normalized spacial score (nSPS) is 17.9. The Kier molecular flexibility index (Phi) is 4.72. The van der Waals surface area contributed by atoms with Crippen molar-refractivity contribution in [2.75, 3.05) is 26.7 Å². The minimum atomic E-state index is -0.0482. The minimum absolute atomic E-state index is 0.0482. The van der Waals surface area contributed by atoms with Crippen LogP contribution in [-0.4, -0.2) is 42.6 Å². The number of aromatic nitrogens is 1. The monoisotopic (exact) mass is 268 g/mol. The van der Waals surface area contributed by atoms with E-state index in [9.17, 15) is 4.79 Å². The second-order valence-electron chi connectivity index (χ2n) is 4.75. The van der Waals surface area contributed by atoms with E-state index in [1.807, 2.05) is 5.51 Å². The number of hydrogen-bond donors (Lipinski definition) is 0. The summed E-state index contributed by atoms with van der Waals surface area (Å²) >= 11 is 1.74. The first-order chi connectivity index (χ1) is 8.70. The highest BCUT2D eigenvalue weighted by Crippen LogP contribution is 2.19. The fourth-order valence-corrected chi connectivity index (χ4v) is 3.16. The van der Waals surface area contributed by atoms with Crippen molar-refractivity contribution in [3.8, 4) is 0 Å². The number of likely N-dealkylation sites (tertiary alicyclic amines) is 1. The van der Waals surface area contributed by atoms with Gasteiger partial charge in [0.05, 0.1) is 24.2 Å². The second kappa shape index (κ2) is 6.29. The Bertz CT molecular complexity index is 397. The molecule has 0 saturated carbocycles. The second-order valence-corrected chi connectivity index (χ2v) is 5.69. The summed E-state index contributed by atoms with van der Waals surface area (Å²) in [5, 5.41) is 0. The zero-order chi connectivity index (χ0) is 13.0. The molecule has 0 bridgehead atoms. The smallest absolute Gasteiger partial charge is 0.308 e. The summed E-state index contributed by atoms with van der Waals surface area (Å²) < 4.78 is 4.80. The lowest BCUT2D eigenvalue weighted by molar-refractivity contribution is -0.147. The third kappa shape index (κ3) is 3.29. The van der Waals surface area contributed by atoms with E-state index in [4.69, 9.17) is 4.74 Å². The molecule has 1 aromatic rings. The molecule has 0 amide bonds. The molecule has 18 heavy (non-hydrogen) atoms. The fraction of sp³-hybridized carbons (Fsp3) is 0.692. The van der Waals surface area contributed by atoms with Gasteiger partial charge in [0, 0.05) is 11.4 Å². The van der Waals surface area contributed by atoms with Gasteiger partial charge in [0.2, 0.25) is 0 Å². The van der Waals surface area contributed by atoms with Crippen molar-refractivity contribution in [1.29, 1.82) is 0 Å². The fourth-order valence-electron chi connectivity index (χ4n) is 2.38. The number of esters is 1. The van der Waals surface area contributed by atoms with Gasteiger partial charge >= 0.3 is 5.97 Å². The molecular formula is C13H20N2O2S. The quantitative estimate of drug-likeness (QED) is 0.782. The predicted molar refractivity (Wildman–Crippen MR) is 71.7 cm³/mol. The molecule has 100 valence electrons. The number of rotatable bonds is 4. The van der Waals surface area contributed by atoms with Gasteiger partial charge in [-0.15, -0.1) is 11.3 Å². The van der Waals surface area contributed by atoms with Crippen LogP contribution in [-0.2, 0) is 16.0 Å². The molecule has 0 atom stereocenters. The molecule has 0 unspecified atom stereocenters. The summed E-state index contributed by atoms with van der Waals surface area (Å²) in [6.07, 6.45) is 2.92. The lowest BCUT2D eigenvalue weighted by Crippen LogP contribution is -2.37. The molecule has 0 spiro atoms. The number of carbonyl (C=O) groups is 1. The summed E-state index contributed by atoms with van der Waals surface area (Å²) in [5.41, 5.74) is 3.07. The van der Waals surface area contributed by atoms with E-state index in [1.54, 1.807) is 11.3 Å². The van der Waals surface area contributed by atoms with E-state index in [0.29, 0.717) is 0 Å². The van der Waals surface area contributed by atoms with E-state index in [2.05, 4.69) is 16.8 Å².